The van der Waals surface area contributed by atoms with Gasteiger partial charge in [0.2, 0.25) is 5.91 Å². The van der Waals surface area contributed by atoms with Crippen LogP contribution in [0.3, 0.4) is 0 Å². The summed E-state index contributed by atoms with van der Waals surface area (Å²) in [5.41, 5.74) is 1.56. The lowest BCUT2D eigenvalue weighted by Crippen LogP contribution is -2.20. The fraction of sp³-hybridized carbons (Fsp3) is 0.250. The lowest BCUT2D eigenvalue weighted by Gasteiger charge is -2.08. The largest absolute Gasteiger partial charge is 0.494 e. The van der Waals surface area contributed by atoms with Crippen LogP contribution in [0.5, 0.6) is 5.75 Å². The Labute approximate surface area is 167 Å². The number of anilines is 1. The molecule has 0 atom stereocenters. The topological polar surface area (TPSA) is 89.0 Å². The van der Waals surface area contributed by atoms with E-state index < -0.39 is 0 Å². The Morgan fingerprint density at radius 2 is 1.93 bits per heavy atom. The van der Waals surface area contributed by atoms with E-state index in [1.807, 2.05) is 37.3 Å². The first kappa shape index (κ1) is 19.8. The molecule has 8 heteroatoms. The molecule has 0 bridgehead atoms. The lowest BCUT2D eigenvalue weighted by molar-refractivity contribution is -0.113. The lowest BCUT2D eigenvalue weighted by atomic mass is 10.1. The summed E-state index contributed by atoms with van der Waals surface area (Å²) in [5, 5.41) is 9.81. The Morgan fingerprint density at radius 3 is 2.64 bits per heavy atom. The summed E-state index contributed by atoms with van der Waals surface area (Å²) >= 11 is 1.23. The number of carbonyl (C=O) groups is 1. The molecule has 0 saturated carbocycles. The van der Waals surface area contributed by atoms with Gasteiger partial charge in [0, 0.05) is 12.2 Å². The van der Waals surface area contributed by atoms with Crippen molar-refractivity contribution in [2.45, 2.75) is 25.0 Å². The van der Waals surface area contributed by atoms with E-state index in [0.29, 0.717) is 30.4 Å². The van der Waals surface area contributed by atoms with Gasteiger partial charge in [-0.2, -0.15) is 0 Å². The zero-order valence-electron chi connectivity index (χ0n) is 15.6. The number of hydrogen-bond donors (Lipinski definition) is 2. The third-order valence-corrected chi connectivity index (χ3v) is 4.95. The van der Waals surface area contributed by atoms with E-state index in [1.165, 1.54) is 11.8 Å². The third kappa shape index (κ3) is 5.50. The first-order chi connectivity index (χ1) is 13.7. The summed E-state index contributed by atoms with van der Waals surface area (Å²) < 4.78 is 6.94. The number of aromatic amines is 1. The highest BCUT2D eigenvalue weighted by molar-refractivity contribution is 7.99. The molecule has 2 N–H and O–H groups in total. The second-order valence-corrected chi connectivity index (χ2v) is 6.94. The SMILES string of the molecule is CCOc1ccc(NC(=O)CSc2n[nH]c(=O)n2CCc2ccccc2)cc1. The minimum atomic E-state index is -0.273. The van der Waals surface area contributed by atoms with Crippen LogP contribution in [0.4, 0.5) is 5.69 Å². The number of rotatable bonds is 9. The molecule has 0 spiro atoms. The van der Waals surface area contributed by atoms with Gasteiger partial charge in [-0.05, 0) is 43.2 Å². The van der Waals surface area contributed by atoms with Crippen molar-refractivity contribution in [3.63, 3.8) is 0 Å². The first-order valence-electron chi connectivity index (χ1n) is 9.00. The fourth-order valence-electron chi connectivity index (χ4n) is 2.62. The second kappa shape index (κ2) is 9.80. The molecule has 146 valence electrons. The molecule has 0 aliphatic rings. The van der Waals surface area contributed by atoms with Crippen LogP contribution in [0.2, 0.25) is 0 Å². The van der Waals surface area contributed by atoms with Gasteiger partial charge in [0.1, 0.15) is 5.75 Å². The highest BCUT2D eigenvalue weighted by atomic mass is 32.2. The van der Waals surface area contributed by atoms with Crippen molar-refractivity contribution in [2.24, 2.45) is 0 Å². The van der Waals surface area contributed by atoms with Crippen molar-refractivity contribution in [1.29, 1.82) is 0 Å². The monoisotopic (exact) mass is 398 g/mol. The molecular formula is C20H22N4O3S. The molecule has 0 fully saturated rings. The summed E-state index contributed by atoms with van der Waals surface area (Å²) in [6.45, 7) is 3.02. The number of amides is 1. The van der Waals surface area contributed by atoms with Gasteiger partial charge in [0.15, 0.2) is 5.16 Å². The van der Waals surface area contributed by atoms with Crippen molar-refractivity contribution < 1.29 is 9.53 Å². The van der Waals surface area contributed by atoms with E-state index in [1.54, 1.807) is 28.8 Å². The number of aryl methyl sites for hydroxylation is 1. The average molecular weight is 398 g/mol. The van der Waals surface area contributed by atoms with Crippen LogP contribution < -0.4 is 15.7 Å². The molecule has 0 aliphatic carbocycles. The molecule has 1 heterocycles. The molecule has 0 saturated heterocycles. The fourth-order valence-corrected chi connectivity index (χ4v) is 3.40. The number of nitrogens with one attached hydrogen (secondary N) is 2. The Kier molecular flexibility index (Phi) is 6.91. The van der Waals surface area contributed by atoms with Crippen molar-refractivity contribution in [2.75, 3.05) is 17.7 Å². The maximum Gasteiger partial charge on any atom is 0.343 e. The van der Waals surface area contributed by atoms with Gasteiger partial charge in [-0.3, -0.25) is 9.36 Å². The maximum atomic E-state index is 12.2. The van der Waals surface area contributed by atoms with Crippen molar-refractivity contribution >= 4 is 23.4 Å². The molecule has 1 amide bonds. The zero-order valence-corrected chi connectivity index (χ0v) is 16.4. The minimum Gasteiger partial charge on any atom is -0.494 e. The Bertz CT molecular complexity index is 952. The highest BCUT2D eigenvalue weighted by Gasteiger charge is 2.12. The number of carbonyl (C=O) groups excluding carboxylic acids is 1. The standard InChI is InChI=1S/C20H22N4O3S/c1-2-27-17-10-8-16(9-11-17)21-18(25)14-28-20-23-22-19(26)24(20)13-12-15-6-4-3-5-7-15/h3-11H,2,12-14H2,1H3,(H,21,25)(H,22,26). The van der Waals surface area contributed by atoms with Crippen LogP contribution in [0, 0.1) is 0 Å². The van der Waals surface area contributed by atoms with Crippen LogP contribution in [0.1, 0.15) is 12.5 Å². The second-order valence-electron chi connectivity index (χ2n) is 5.99. The van der Waals surface area contributed by atoms with E-state index in [-0.39, 0.29) is 17.3 Å². The van der Waals surface area contributed by atoms with Crippen molar-refractivity contribution in [3.05, 3.63) is 70.6 Å². The Hall–Kier alpha value is -3.00. The molecule has 0 radical (unpaired) electrons. The average Bonchev–Trinajstić information content (AvgIpc) is 3.07. The smallest absolute Gasteiger partial charge is 0.343 e. The molecule has 2 aromatic carbocycles. The number of H-pyrrole nitrogens is 1. The Balaban J connectivity index is 1.54. The number of thioether (sulfide) groups is 1. The highest BCUT2D eigenvalue weighted by Crippen LogP contribution is 2.17. The summed E-state index contributed by atoms with van der Waals surface area (Å²) in [7, 11) is 0. The molecule has 3 aromatic rings. The van der Waals surface area contributed by atoms with Crippen molar-refractivity contribution in [3.8, 4) is 5.75 Å². The predicted molar refractivity (Wildman–Crippen MR) is 110 cm³/mol. The van der Waals surface area contributed by atoms with Crippen LogP contribution in [-0.2, 0) is 17.8 Å². The van der Waals surface area contributed by atoms with Gasteiger partial charge < -0.3 is 10.1 Å². The summed E-state index contributed by atoms with van der Waals surface area (Å²) in [6, 6.07) is 17.1. The molecule has 7 nitrogen and oxygen atoms in total. The maximum absolute atomic E-state index is 12.2. The molecule has 3 rings (SSSR count). The van der Waals surface area contributed by atoms with E-state index in [2.05, 4.69) is 15.5 Å². The van der Waals surface area contributed by atoms with E-state index in [9.17, 15) is 9.59 Å². The number of benzene rings is 2. The van der Waals surface area contributed by atoms with Gasteiger partial charge in [-0.25, -0.2) is 9.89 Å². The van der Waals surface area contributed by atoms with Gasteiger partial charge in [0.05, 0.1) is 12.4 Å². The first-order valence-corrected chi connectivity index (χ1v) is 9.99. The summed E-state index contributed by atoms with van der Waals surface area (Å²) in [4.78, 5) is 24.2. The summed E-state index contributed by atoms with van der Waals surface area (Å²) in [5.74, 6) is 0.746. The Morgan fingerprint density at radius 1 is 1.18 bits per heavy atom. The third-order valence-electron chi connectivity index (χ3n) is 3.97. The molecule has 0 aliphatic heterocycles. The zero-order chi connectivity index (χ0) is 19.8. The normalized spacial score (nSPS) is 10.6. The van der Waals surface area contributed by atoms with Crippen molar-refractivity contribution in [1.82, 2.24) is 14.8 Å². The predicted octanol–water partition coefficient (Wildman–Crippen LogP) is 2.94. The van der Waals surface area contributed by atoms with Gasteiger partial charge in [0.25, 0.3) is 0 Å². The number of nitrogens with zero attached hydrogens (tertiary/aromatic N) is 2. The van der Waals surface area contributed by atoms with E-state index >= 15 is 0 Å². The van der Waals surface area contributed by atoms with Gasteiger partial charge >= 0.3 is 5.69 Å². The van der Waals surface area contributed by atoms with E-state index in [0.717, 1.165) is 11.3 Å². The number of ether oxygens (including phenoxy) is 1. The van der Waals surface area contributed by atoms with Gasteiger partial charge in [-0.1, -0.05) is 42.1 Å². The summed E-state index contributed by atoms with van der Waals surface area (Å²) in [6.07, 6.45) is 0.715. The molecular weight excluding hydrogens is 376 g/mol. The number of hydrogen-bond acceptors (Lipinski definition) is 5. The van der Waals surface area contributed by atoms with Crippen LogP contribution in [0.15, 0.2) is 64.5 Å². The van der Waals surface area contributed by atoms with Crippen LogP contribution in [-0.4, -0.2) is 33.0 Å². The molecule has 28 heavy (non-hydrogen) atoms. The quantitative estimate of drug-likeness (QED) is 0.541. The van der Waals surface area contributed by atoms with E-state index in [4.69, 9.17) is 4.74 Å². The van der Waals surface area contributed by atoms with Gasteiger partial charge in [-0.15, -0.1) is 5.10 Å². The number of aromatic nitrogens is 3. The molecule has 0 unspecified atom stereocenters. The van der Waals surface area contributed by atoms with Crippen LogP contribution >= 0.6 is 11.8 Å². The molecule has 1 aromatic heterocycles. The minimum absolute atomic E-state index is 0.156. The van der Waals surface area contributed by atoms with Crippen LogP contribution in [0.25, 0.3) is 0 Å².